The van der Waals surface area contributed by atoms with Gasteiger partial charge < -0.3 is 5.32 Å². The highest BCUT2D eigenvalue weighted by atomic mass is 35.5. The minimum atomic E-state index is -0.410. The molecular formula is C20H16ClFN4O2. The lowest BCUT2D eigenvalue weighted by Gasteiger charge is -2.07. The first-order valence-electron chi connectivity index (χ1n) is 8.69. The van der Waals surface area contributed by atoms with E-state index in [9.17, 15) is 14.0 Å². The van der Waals surface area contributed by atoms with Gasteiger partial charge in [-0.15, -0.1) is 0 Å². The molecule has 2 aromatic carbocycles. The van der Waals surface area contributed by atoms with E-state index in [1.54, 1.807) is 28.7 Å². The lowest BCUT2D eigenvalue weighted by Crippen LogP contribution is -2.35. The lowest BCUT2D eigenvalue weighted by molar-refractivity contribution is -0.121. The van der Waals surface area contributed by atoms with Gasteiger partial charge in [0.15, 0.2) is 0 Å². The van der Waals surface area contributed by atoms with Crippen molar-refractivity contribution in [2.75, 3.05) is 6.54 Å². The summed E-state index contributed by atoms with van der Waals surface area (Å²) in [5.74, 6) is -0.688. The number of fused-ring (bicyclic) bond motifs is 3. The molecule has 0 aliphatic heterocycles. The summed E-state index contributed by atoms with van der Waals surface area (Å²) in [5.41, 5.74) is 1.66. The summed E-state index contributed by atoms with van der Waals surface area (Å²) in [5, 5.41) is 8.10. The SMILES string of the molecule is O=C(Cn1ncn2c(cc3cc(F)ccc32)c1=O)NCCc1ccc(Cl)cc1. The Labute approximate surface area is 164 Å². The van der Waals surface area contributed by atoms with Gasteiger partial charge in [-0.2, -0.15) is 5.10 Å². The van der Waals surface area contributed by atoms with Crippen LogP contribution in [0.5, 0.6) is 0 Å². The Hall–Kier alpha value is -3.19. The highest BCUT2D eigenvalue weighted by Gasteiger charge is 2.12. The zero-order chi connectivity index (χ0) is 19.7. The number of hydrogen-bond donors (Lipinski definition) is 1. The number of aromatic nitrogens is 3. The molecular weight excluding hydrogens is 383 g/mol. The third-order valence-corrected chi connectivity index (χ3v) is 4.76. The maximum Gasteiger partial charge on any atom is 0.291 e. The zero-order valence-corrected chi connectivity index (χ0v) is 15.5. The van der Waals surface area contributed by atoms with Crippen molar-refractivity contribution in [2.24, 2.45) is 0 Å². The van der Waals surface area contributed by atoms with Crippen molar-refractivity contribution < 1.29 is 9.18 Å². The fraction of sp³-hybridized carbons (Fsp3) is 0.150. The van der Waals surface area contributed by atoms with E-state index in [0.717, 1.165) is 10.2 Å². The van der Waals surface area contributed by atoms with E-state index in [1.807, 2.05) is 12.1 Å². The van der Waals surface area contributed by atoms with Gasteiger partial charge >= 0.3 is 0 Å². The predicted octanol–water partition coefficient (Wildman–Crippen LogP) is 2.80. The van der Waals surface area contributed by atoms with Gasteiger partial charge in [-0.25, -0.2) is 9.07 Å². The number of rotatable bonds is 5. The Morgan fingerprint density at radius 1 is 1.11 bits per heavy atom. The van der Waals surface area contributed by atoms with E-state index in [-0.39, 0.29) is 18.3 Å². The van der Waals surface area contributed by atoms with Crippen LogP contribution in [0.25, 0.3) is 16.4 Å². The van der Waals surface area contributed by atoms with Crippen LogP contribution >= 0.6 is 11.6 Å². The molecule has 6 nitrogen and oxygen atoms in total. The van der Waals surface area contributed by atoms with Crippen LogP contribution < -0.4 is 10.9 Å². The summed E-state index contributed by atoms with van der Waals surface area (Å²) >= 11 is 5.85. The molecule has 0 radical (unpaired) electrons. The molecule has 2 aromatic heterocycles. The van der Waals surface area contributed by atoms with Crippen molar-refractivity contribution in [3.8, 4) is 0 Å². The maximum atomic E-state index is 13.4. The molecule has 2 heterocycles. The molecule has 0 spiro atoms. The average molecular weight is 399 g/mol. The van der Waals surface area contributed by atoms with E-state index in [2.05, 4.69) is 10.4 Å². The summed E-state index contributed by atoms with van der Waals surface area (Å²) in [7, 11) is 0. The van der Waals surface area contributed by atoms with Crippen molar-refractivity contribution >= 4 is 33.9 Å². The smallest absolute Gasteiger partial charge is 0.291 e. The number of nitrogens with one attached hydrogen (secondary N) is 1. The van der Waals surface area contributed by atoms with Crippen molar-refractivity contribution in [3.63, 3.8) is 0 Å². The molecule has 0 atom stereocenters. The second-order valence-corrected chi connectivity index (χ2v) is 6.86. The summed E-state index contributed by atoms with van der Waals surface area (Å²) in [4.78, 5) is 24.8. The third kappa shape index (κ3) is 3.61. The molecule has 0 fully saturated rings. The normalized spacial score (nSPS) is 11.2. The molecule has 0 bridgehead atoms. The Balaban J connectivity index is 1.47. The molecule has 1 amide bonds. The Bertz CT molecular complexity index is 1230. The van der Waals surface area contributed by atoms with Gasteiger partial charge in [-0.1, -0.05) is 23.7 Å². The second-order valence-electron chi connectivity index (χ2n) is 6.42. The quantitative estimate of drug-likeness (QED) is 0.562. The molecule has 0 saturated carbocycles. The molecule has 1 N–H and O–H groups in total. The Morgan fingerprint density at radius 2 is 1.89 bits per heavy atom. The van der Waals surface area contributed by atoms with Crippen LogP contribution in [0.15, 0.2) is 59.7 Å². The molecule has 4 rings (SSSR count). The van der Waals surface area contributed by atoms with Crippen LogP contribution in [0.3, 0.4) is 0 Å². The summed E-state index contributed by atoms with van der Waals surface area (Å²) in [6.45, 7) is 0.248. The van der Waals surface area contributed by atoms with E-state index in [0.29, 0.717) is 34.4 Å². The van der Waals surface area contributed by atoms with E-state index < -0.39 is 5.56 Å². The molecule has 0 unspecified atom stereocenters. The van der Waals surface area contributed by atoms with E-state index >= 15 is 0 Å². The number of benzene rings is 2. The molecule has 0 saturated heterocycles. The molecule has 4 aromatic rings. The summed E-state index contributed by atoms with van der Waals surface area (Å²) in [6.07, 6.45) is 2.11. The van der Waals surface area contributed by atoms with E-state index in [4.69, 9.17) is 11.6 Å². The Kier molecular flexibility index (Phi) is 4.83. The summed E-state index contributed by atoms with van der Waals surface area (Å²) < 4.78 is 16.1. The zero-order valence-electron chi connectivity index (χ0n) is 14.7. The molecule has 28 heavy (non-hydrogen) atoms. The number of amides is 1. The van der Waals surface area contributed by atoms with Gasteiger partial charge in [0.05, 0.1) is 5.52 Å². The van der Waals surface area contributed by atoms with Gasteiger partial charge in [0, 0.05) is 17.0 Å². The minimum Gasteiger partial charge on any atom is -0.354 e. The summed E-state index contributed by atoms with van der Waals surface area (Å²) in [6, 6.07) is 13.3. The topological polar surface area (TPSA) is 68.4 Å². The van der Waals surface area contributed by atoms with Gasteiger partial charge in [0.2, 0.25) is 5.91 Å². The van der Waals surface area contributed by atoms with Crippen LogP contribution in [0, 0.1) is 5.82 Å². The van der Waals surface area contributed by atoms with Gasteiger partial charge in [-0.05, 0) is 48.4 Å². The van der Waals surface area contributed by atoms with Gasteiger partial charge in [0.1, 0.15) is 24.2 Å². The number of halogens is 2. The number of hydrogen-bond acceptors (Lipinski definition) is 3. The number of nitrogens with zero attached hydrogens (tertiary/aromatic N) is 3. The first kappa shape index (κ1) is 18.2. The van der Waals surface area contributed by atoms with Crippen molar-refractivity contribution in [1.29, 1.82) is 0 Å². The van der Waals surface area contributed by atoms with Gasteiger partial charge in [-0.3, -0.25) is 14.0 Å². The van der Waals surface area contributed by atoms with Crippen LogP contribution in [0.4, 0.5) is 4.39 Å². The first-order valence-corrected chi connectivity index (χ1v) is 9.07. The number of carbonyl (C=O) groups is 1. The fourth-order valence-corrected chi connectivity index (χ4v) is 3.22. The fourth-order valence-electron chi connectivity index (χ4n) is 3.10. The largest absolute Gasteiger partial charge is 0.354 e. The monoisotopic (exact) mass is 398 g/mol. The Morgan fingerprint density at radius 3 is 2.68 bits per heavy atom. The average Bonchev–Trinajstić information content (AvgIpc) is 3.04. The molecule has 0 aliphatic rings. The van der Waals surface area contributed by atoms with Crippen LogP contribution in [0.2, 0.25) is 5.02 Å². The lowest BCUT2D eigenvalue weighted by atomic mass is 10.1. The van der Waals surface area contributed by atoms with Crippen LogP contribution in [-0.4, -0.2) is 26.6 Å². The third-order valence-electron chi connectivity index (χ3n) is 4.50. The van der Waals surface area contributed by atoms with Crippen molar-refractivity contribution in [1.82, 2.24) is 19.5 Å². The number of carbonyl (C=O) groups excluding carboxylic acids is 1. The van der Waals surface area contributed by atoms with Crippen molar-refractivity contribution in [2.45, 2.75) is 13.0 Å². The molecule has 8 heteroatoms. The second kappa shape index (κ2) is 7.44. The van der Waals surface area contributed by atoms with Crippen LogP contribution in [0.1, 0.15) is 5.56 Å². The predicted molar refractivity (Wildman–Crippen MR) is 105 cm³/mol. The highest BCUT2D eigenvalue weighted by Crippen LogP contribution is 2.18. The molecule has 142 valence electrons. The molecule has 0 aliphatic carbocycles. The standard InChI is InChI=1S/C20H16ClFN4O2/c21-15-3-1-13(2-4-15)7-8-23-19(27)11-26-20(28)18-10-14-9-16(22)5-6-17(14)25(18)12-24-26/h1-6,9-10,12H,7-8,11H2,(H,23,27). The maximum absolute atomic E-state index is 13.4. The van der Waals surface area contributed by atoms with E-state index in [1.165, 1.54) is 18.5 Å². The van der Waals surface area contributed by atoms with Crippen molar-refractivity contribution in [3.05, 3.63) is 81.6 Å². The highest BCUT2D eigenvalue weighted by molar-refractivity contribution is 6.30. The first-order chi connectivity index (χ1) is 13.5. The van der Waals surface area contributed by atoms with Crippen LogP contribution in [-0.2, 0) is 17.8 Å². The van der Waals surface area contributed by atoms with Gasteiger partial charge in [0.25, 0.3) is 5.56 Å². The minimum absolute atomic E-state index is 0.189.